The predicted molar refractivity (Wildman–Crippen MR) is 104 cm³/mol. The van der Waals surface area contributed by atoms with Crippen LogP contribution in [0.5, 0.6) is 0 Å². The maximum atomic E-state index is 13.1. The molecule has 29 heavy (non-hydrogen) atoms. The number of hydrogen-bond donors (Lipinski definition) is 2. The first kappa shape index (κ1) is 21.8. The largest absolute Gasteiger partial charge is 0.394 e. The van der Waals surface area contributed by atoms with Gasteiger partial charge in [0.05, 0.1) is 35.4 Å². The Balaban J connectivity index is 1.56. The van der Waals surface area contributed by atoms with E-state index in [0.29, 0.717) is 31.7 Å². The molecule has 2 aromatic rings. The highest BCUT2D eigenvalue weighted by Gasteiger charge is 2.34. The molecule has 2 heterocycles. The van der Waals surface area contributed by atoms with Gasteiger partial charge in [0.1, 0.15) is 5.82 Å². The molecule has 1 aliphatic rings. The van der Waals surface area contributed by atoms with Crippen LogP contribution in [0.4, 0.5) is 4.39 Å². The van der Waals surface area contributed by atoms with Gasteiger partial charge in [-0.2, -0.15) is 0 Å². The molecule has 1 fully saturated rings. The van der Waals surface area contributed by atoms with Gasteiger partial charge in [-0.1, -0.05) is 19.1 Å². The first-order valence-corrected chi connectivity index (χ1v) is 11.2. The summed E-state index contributed by atoms with van der Waals surface area (Å²) in [5, 5.41) is 17.9. The van der Waals surface area contributed by atoms with E-state index in [1.165, 1.54) is 12.1 Å². The van der Waals surface area contributed by atoms with Crippen molar-refractivity contribution in [3.8, 4) is 0 Å². The third-order valence-electron chi connectivity index (χ3n) is 5.05. The van der Waals surface area contributed by atoms with E-state index in [9.17, 15) is 17.9 Å². The number of ether oxygens (including phenoxy) is 1. The Morgan fingerprint density at radius 2 is 2.03 bits per heavy atom. The average molecular weight is 427 g/mol. The van der Waals surface area contributed by atoms with E-state index >= 15 is 0 Å². The van der Waals surface area contributed by atoms with Gasteiger partial charge in [-0.15, -0.1) is 5.10 Å². The van der Waals surface area contributed by atoms with Gasteiger partial charge in [-0.05, 0) is 49.4 Å². The summed E-state index contributed by atoms with van der Waals surface area (Å²) in [6, 6.07) is 4.06. The van der Waals surface area contributed by atoms with E-state index in [1.54, 1.807) is 4.68 Å². The molecule has 8 nitrogen and oxygen atoms in total. The number of halogens is 1. The van der Waals surface area contributed by atoms with E-state index in [2.05, 4.69) is 28.9 Å². The number of aryl methyl sites for hydroxylation is 1. The Bertz CT molecular complexity index is 901. The number of benzene rings is 1. The Hall–Kier alpha value is -1.88. The zero-order chi connectivity index (χ0) is 21.0. The minimum Gasteiger partial charge on any atom is -0.394 e. The van der Waals surface area contributed by atoms with Crippen LogP contribution in [0.2, 0.25) is 0 Å². The topological polar surface area (TPSA) is 106 Å². The number of aliphatic hydroxyl groups excluding tert-OH is 1. The second kappa shape index (κ2) is 9.29. The highest BCUT2D eigenvalue weighted by Crippen LogP contribution is 2.24. The van der Waals surface area contributed by atoms with E-state index in [1.807, 2.05) is 6.20 Å². The number of rotatable bonds is 8. The molecule has 10 heteroatoms. The summed E-state index contributed by atoms with van der Waals surface area (Å²) in [4.78, 5) is -0.0233. The van der Waals surface area contributed by atoms with Crippen molar-refractivity contribution in [2.45, 2.75) is 68.7 Å². The van der Waals surface area contributed by atoms with Crippen molar-refractivity contribution in [2.75, 3.05) is 6.61 Å². The maximum Gasteiger partial charge on any atom is 0.240 e. The molecule has 2 N–H and O–H groups in total. The molecule has 3 atom stereocenters. The number of aliphatic hydroxyl groups is 1. The highest BCUT2D eigenvalue weighted by atomic mass is 32.2. The fraction of sp³-hybridized carbons (Fsp3) is 0.579. The summed E-state index contributed by atoms with van der Waals surface area (Å²) in [5.74, 6) is -0.197. The lowest BCUT2D eigenvalue weighted by atomic mass is 9.98. The number of hydrogen-bond acceptors (Lipinski definition) is 6. The van der Waals surface area contributed by atoms with Crippen molar-refractivity contribution < 1.29 is 22.7 Å². The van der Waals surface area contributed by atoms with Crippen LogP contribution >= 0.6 is 0 Å². The van der Waals surface area contributed by atoms with Crippen molar-refractivity contribution in [3.63, 3.8) is 0 Å². The third kappa shape index (κ3) is 5.59. The molecular weight excluding hydrogens is 399 g/mol. The minimum atomic E-state index is -3.83. The zero-order valence-electron chi connectivity index (χ0n) is 16.5. The summed E-state index contributed by atoms with van der Waals surface area (Å²) >= 11 is 0. The monoisotopic (exact) mass is 426 g/mol. The molecule has 0 aliphatic carbocycles. The molecular formula is C19H27FN4O4S. The zero-order valence-corrected chi connectivity index (χ0v) is 17.3. The lowest BCUT2D eigenvalue weighted by molar-refractivity contribution is -0.0891. The van der Waals surface area contributed by atoms with Gasteiger partial charge < -0.3 is 9.84 Å². The standard InChI is InChI=1S/C19H27FN4O4S/c1-13(2)18-11-24(23-21-18)10-9-15-5-8-17(19(12-25)28-15)22-29(26,27)16-6-3-14(20)4-7-16/h3-4,6-7,11,13,15,17,19,22,25H,5,8-10,12H2,1-2H3/t15-,17+,19-/m1/s1. The van der Waals surface area contributed by atoms with Crippen molar-refractivity contribution in [2.24, 2.45) is 0 Å². The molecule has 0 saturated carbocycles. The van der Waals surface area contributed by atoms with E-state index in [-0.39, 0.29) is 17.6 Å². The summed E-state index contributed by atoms with van der Waals surface area (Å²) in [7, 11) is -3.83. The maximum absolute atomic E-state index is 13.1. The SMILES string of the molecule is CC(C)c1cn(CC[C@H]2CC[C@H](NS(=O)(=O)c3ccc(F)cc3)[C@@H](CO)O2)nn1. The molecule has 0 bridgehead atoms. The van der Waals surface area contributed by atoms with Gasteiger partial charge in [0.15, 0.2) is 0 Å². The number of aromatic nitrogens is 3. The molecule has 1 aromatic carbocycles. The van der Waals surface area contributed by atoms with Crippen LogP contribution in [0, 0.1) is 5.82 Å². The van der Waals surface area contributed by atoms with Crippen LogP contribution in [-0.2, 0) is 21.3 Å². The second-order valence-electron chi connectivity index (χ2n) is 7.59. The third-order valence-corrected chi connectivity index (χ3v) is 6.56. The summed E-state index contributed by atoms with van der Waals surface area (Å²) in [6.07, 6.45) is 3.03. The molecule has 1 aromatic heterocycles. The summed E-state index contributed by atoms with van der Waals surface area (Å²) < 4.78 is 48.4. The van der Waals surface area contributed by atoms with Crippen molar-refractivity contribution in [1.82, 2.24) is 19.7 Å². The van der Waals surface area contributed by atoms with Crippen LogP contribution in [0.3, 0.4) is 0 Å². The molecule has 1 saturated heterocycles. The molecule has 0 amide bonds. The molecule has 1 aliphatic heterocycles. The quantitative estimate of drug-likeness (QED) is 0.667. The number of nitrogens with one attached hydrogen (secondary N) is 1. The molecule has 0 radical (unpaired) electrons. The molecule has 3 rings (SSSR count). The Labute approximate surface area is 170 Å². The van der Waals surface area contributed by atoms with Crippen LogP contribution in [-0.4, -0.2) is 53.4 Å². The van der Waals surface area contributed by atoms with Gasteiger partial charge in [0.25, 0.3) is 0 Å². The lowest BCUT2D eigenvalue weighted by Gasteiger charge is -2.36. The van der Waals surface area contributed by atoms with Crippen LogP contribution in [0.25, 0.3) is 0 Å². The van der Waals surface area contributed by atoms with Crippen molar-refractivity contribution in [3.05, 3.63) is 42.0 Å². The summed E-state index contributed by atoms with van der Waals surface area (Å²) in [5.41, 5.74) is 0.929. The Morgan fingerprint density at radius 3 is 2.66 bits per heavy atom. The van der Waals surface area contributed by atoms with Crippen LogP contribution in [0.1, 0.15) is 44.7 Å². The summed E-state index contributed by atoms with van der Waals surface area (Å²) in [6.45, 7) is 4.44. The first-order chi connectivity index (χ1) is 13.8. The first-order valence-electron chi connectivity index (χ1n) is 9.72. The molecule has 160 valence electrons. The number of sulfonamides is 1. The van der Waals surface area contributed by atoms with E-state index in [4.69, 9.17) is 4.74 Å². The molecule has 0 spiro atoms. The highest BCUT2D eigenvalue weighted by molar-refractivity contribution is 7.89. The van der Waals surface area contributed by atoms with Crippen LogP contribution in [0.15, 0.2) is 35.4 Å². The van der Waals surface area contributed by atoms with Gasteiger partial charge in [-0.25, -0.2) is 17.5 Å². The van der Waals surface area contributed by atoms with Crippen molar-refractivity contribution >= 4 is 10.0 Å². The predicted octanol–water partition coefficient (Wildman–Crippen LogP) is 1.82. The van der Waals surface area contributed by atoms with Crippen molar-refractivity contribution in [1.29, 1.82) is 0 Å². The van der Waals surface area contributed by atoms with E-state index < -0.39 is 28.0 Å². The van der Waals surface area contributed by atoms with Crippen LogP contribution < -0.4 is 4.72 Å². The number of nitrogens with zero attached hydrogens (tertiary/aromatic N) is 3. The normalized spacial score (nSPS) is 22.9. The second-order valence-corrected chi connectivity index (χ2v) is 9.30. The minimum absolute atomic E-state index is 0.0233. The Kier molecular flexibility index (Phi) is 6.99. The van der Waals surface area contributed by atoms with Gasteiger partial charge in [0.2, 0.25) is 10.0 Å². The Morgan fingerprint density at radius 1 is 1.31 bits per heavy atom. The van der Waals surface area contributed by atoms with Gasteiger partial charge >= 0.3 is 0 Å². The van der Waals surface area contributed by atoms with E-state index in [0.717, 1.165) is 17.8 Å². The smallest absolute Gasteiger partial charge is 0.240 e. The fourth-order valence-electron chi connectivity index (χ4n) is 3.32. The van der Waals surface area contributed by atoms with Gasteiger partial charge in [0, 0.05) is 12.7 Å². The average Bonchev–Trinajstić information content (AvgIpc) is 3.17. The lowest BCUT2D eigenvalue weighted by Crippen LogP contribution is -2.50. The molecule has 0 unspecified atom stereocenters. The fourth-order valence-corrected chi connectivity index (χ4v) is 4.62. The van der Waals surface area contributed by atoms with Gasteiger partial charge in [-0.3, -0.25) is 4.68 Å².